The predicted octanol–water partition coefficient (Wildman–Crippen LogP) is 2.55. The highest BCUT2D eigenvalue weighted by molar-refractivity contribution is 5.08. The van der Waals surface area contributed by atoms with Gasteiger partial charge in [-0.25, -0.2) is 0 Å². The van der Waals surface area contributed by atoms with Crippen LogP contribution in [0.25, 0.3) is 0 Å². The molecule has 108 valence electrons. The molecular formula is C17H30N2. The normalized spacial score (nSPS) is 49.9. The van der Waals surface area contributed by atoms with Crippen molar-refractivity contribution in [3.8, 4) is 0 Å². The van der Waals surface area contributed by atoms with E-state index in [-0.39, 0.29) is 0 Å². The molecule has 19 heavy (non-hydrogen) atoms. The Balaban J connectivity index is 1.58. The number of likely N-dealkylation sites (tertiary alicyclic amines) is 2. The predicted molar refractivity (Wildman–Crippen MR) is 79.0 cm³/mol. The molecule has 2 aliphatic heterocycles. The van der Waals surface area contributed by atoms with Gasteiger partial charge in [0.05, 0.1) is 0 Å². The van der Waals surface area contributed by atoms with E-state index in [1.807, 2.05) is 0 Å². The molecule has 0 amide bonds. The number of fused-ring (bicyclic) bond motifs is 1. The highest BCUT2D eigenvalue weighted by Crippen LogP contribution is 2.59. The molecule has 0 radical (unpaired) electrons. The van der Waals surface area contributed by atoms with Crippen molar-refractivity contribution < 1.29 is 0 Å². The average molecular weight is 262 g/mol. The molecule has 0 aromatic heterocycles. The van der Waals surface area contributed by atoms with Crippen LogP contribution in [0.15, 0.2) is 0 Å². The summed E-state index contributed by atoms with van der Waals surface area (Å²) in [6, 6.07) is 0.761. The highest BCUT2D eigenvalue weighted by Gasteiger charge is 2.58. The van der Waals surface area contributed by atoms with Crippen LogP contribution in [0.2, 0.25) is 0 Å². The maximum Gasteiger partial charge on any atom is 0.00388 e. The summed E-state index contributed by atoms with van der Waals surface area (Å²) in [5.41, 5.74) is 0. The van der Waals surface area contributed by atoms with E-state index in [4.69, 9.17) is 0 Å². The Morgan fingerprint density at radius 2 is 1.26 bits per heavy atom. The third kappa shape index (κ3) is 1.75. The molecule has 6 atom stereocenters. The van der Waals surface area contributed by atoms with Crippen LogP contribution in [0.4, 0.5) is 0 Å². The molecule has 2 heteroatoms. The zero-order valence-corrected chi connectivity index (χ0v) is 12.9. The van der Waals surface area contributed by atoms with E-state index in [1.165, 1.54) is 32.7 Å². The lowest BCUT2D eigenvalue weighted by Crippen LogP contribution is -2.49. The molecule has 3 aliphatic carbocycles. The van der Waals surface area contributed by atoms with E-state index in [1.54, 1.807) is 12.8 Å². The maximum absolute atomic E-state index is 2.78. The topological polar surface area (TPSA) is 6.48 Å². The number of nitrogens with zero attached hydrogens (tertiary/aromatic N) is 2. The van der Waals surface area contributed by atoms with Crippen LogP contribution < -0.4 is 0 Å². The third-order valence-electron chi connectivity index (χ3n) is 7.14. The van der Waals surface area contributed by atoms with Crippen molar-refractivity contribution >= 4 is 0 Å². The first-order chi connectivity index (χ1) is 9.19. The van der Waals surface area contributed by atoms with Crippen molar-refractivity contribution in [3.63, 3.8) is 0 Å². The summed E-state index contributed by atoms with van der Waals surface area (Å²) in [6.07, 6.45) is 3.10. The maximum atomic E-state index is 2.78. The van der Waals surface area contributed by atoms with E-state index >= 15 is 0 Å². The fraction of sp³-hybridized carbons (Fsp3) is 1.00. The first-order valence-electron chi connectivity index (χ1n) is 8.65. The zero-order chi connectivity index (χ0) is 13.1. The Labute approximate surface area is 118 Å². The molecule has 6 unspecified atom stereocenters. The zero-order valence-electron chi connectivity index (χ0n) is 12.9. The molecule has 3 saturated carbocycles. The van der Waals surface area contributed by atoms with Crippen LogP contribution in [0.1, 0.15) is 33.6 Å². The second-order valence-corrected chi connectivity index (χ2v) is 7.96. The van der Waals surface area contributed by atoms with Gasteiger partial charge in [0.2, 0.25) is 0 Å². The van der Waals surface area contributed by atoms with Crippen molar-refractivity contribution in [2.45, 2.75) is 39.7 Å². The summed E-state index contributed by atoms with van der Waals surface area (Å²) in [7, 11) is 0. The van der Waals surface area contributed by atoms with E-state index in [9.17, 15) is 0 Å². The van der Waals surface area contributed by atoms with Gasteiger partial charge in [0.1, 0.15) is 0 Å². The van der Waals surface area contributed by atoms with E-state index in [0.717, 1.165) is 41.5 Å². The minimum atomic E-state index is 0.761. The summed E-state index contributed by atoms with van der Waals surface area (Å²) < 4.78 is 0. The van der Waals surface area contributed by atoms with Crippen molar-refractivity contribution in [1.82, 2.24) is 9.80 Å². The van der Waals surface area contributed by atoms with Crippen LogP contribution in [0, 0.1) is 35.5 Å². The largest absolute Gasteiger partial charge is 0.303 e. The Kier molecular flexibility index (Phi) is 2.97. The first-order valence-corrected chi connectivity index (χ1v) is 8.65. The third-order valence-corrected chi connectivity index (χ3v) is 7.14. The summed E-state index contributed by atoms with van der Waals surface area (Å²) in [6.45, 7) is 14.1. The van der Waals surface area contributed by atoms with Gasteiger partial charge in [-0.3, -0.25) is 0 Å². The van der Waals surface area contributed by atoms with Gasteiger partial charge < -0.3 is 9.80 Å². The van der Waals surface area contributed by atoms with Crippen molar-refractivity contribution in [1.29, 1.82) is 0 Å². The molecule has 2 bridgehead atoms. The lowest BCUT2D eigenvalue weighted by molar-refractivity contribution is -0.0289. The highest BCUT2D eigenvalue weighted by atomic mass is 15.2. The molecule has 2 heterocycles. The quantitative estimate of drug-likeness (QED) is 0.754. The van der Waals surface area contributed by atoms with Crippen LogP contribution in [-0.2, 0) is 0 Å². The van der Waals surface area contributed by atoms with E-state index < -0.39 is 0 Å². The molecular weight excluding hydrogens is 232 g/mol. The van der Waals surface area contributed by atoms with Gasteiger partial charge in [-0.1, -0.05) is 6.92 Å². The molecule has 2 nitrogen and oxygen atoms in total. The molecule has 0 aromatic carbocycles. The Hall–Kier alpha value is -0.0800. The molecule has 0 N–H and O–H groups in total. The summed E-state index contributed by atoms with van der Waals surface area (Å²) in [5, 5.41) is 0. The number of rotatable bonds is 2. The van der Waals surface area contributed by atoms with Crippen LogP contribution in [-0.4, -0.2) is 48.6 Å². The lowest BCUT2D eigenvalue weighted by Gasteiger charge is -2.52. The summed E-state index contributed by atoms with van der Waals surface area (Å²) in [5.74, 6) is 6.37. The fourth-order valence-electron chi connectivity index (χ4n) is 6.20. The molecule has 5 aliphatic rings. The summed E-state index contributed by atoms with van der Waals surface area (Å²) in [4.78, 5) is 5.52. The van der Waals surface area contributed by atoms with Crippen molar-refractivity contribution in [2.24, 2.45) is 35.5 Å². The average Bonchev–Trinajstić information content (AvgIpc) is 3.03. The molecule has 5 fully saturated rings. The lowest BCUT2D eigenvalue weighted by atomic mass is 9.52. The number of hydrogen-bond donors (Lipinski definition) is 0. The molecule has 0 spiro atoms. The minimum Gasteiger partial charge on any atom is -0.303 e. The Morgan fingerprint density at radius 3 is 1.68 bits per heavy atom. The van der Waals surface area contributed by atoms with Crippen molar-refractivity contribution in [3.05, 3.63) is 0 Å². The van der Waals surface area contributed by atoms with Gasteiger partial charge in [0.25, 0.3) is 0 Å². The van der Waals surface area contributed by atoms with Crippen molar-refractivity contribution in [2.75, 3.05) is 32.7 Å². The van der Waals surface area contributed by atoms with Gasteiger partial charge in [0, 0.05) is 32.2 Å². The van der Waals surface area contributed by atoms with Crippen LogP contribution >= 0.6 is 0 Å². The van der Waals surface area contributed by atoms with E-state index in [0.29, 0.717) is 0 Å². The molecule has 0 aromatic rings. The second-order valence-electron chi connectivity index (χ2n) is 7.96. The van der Waals surface area contributed by atoms with Gasteiger partial charge in [0.15, 0.2) is 0 Å². The second kappa shape index (κ2) is 4.46. The monoisotopic (exact) mass is 262 g/mol. The fourth-order valence-corrected chi connectivity index (χ4v) is 6.20. The number of hydrogen-bond acceptors (Lipinski definition) is 2. The SMILES string of the molecule is CCN1CC2C3CCC(C2C1)C1CN(C(C)C)CC31. The first kappa shape index (κ1) is 12.6. The van der Waals surface area contributed by atoms with Gasteiger partial charge in [-0.2, -0.15) is 0 Å². The Bertz CT molecular complexity index is 325. The van der Waals surface area contributed by atoms with E-state index in [2.05, 4.69) is 30.6 Å². The Morgan fingerprint density at radius 1 is 0.789 bits per heavy atom. The van der Waals surface area contributed by atoms with Gasteiger partial charge in [-0.15, -0.1) is 0 Å². The molecule has 5 rings (SSSR count). The minimum absolute atomic E-state index is 0.761. The molecule has 2 saturated heterocycles. The smallest absolute Gasteiger partial charge is 0.00388 e. The summed E-state index contributed by atoms with van der Waals surface area (Å²) >= 11 is 0. The van der Waals surface area contributed by atoms with Crippen LogP contribution in [0.3, 0.4) is 0 Å². The standard InChI is InChI=1S/C17H30N2/c1-4-18-7-14-12-5-6-13(15(14)8-18)17-10-19(11(2)3)9-16(12)17/h11-17H,4-10H2,1-3H3. The van der Waals surface area contributed by atoms with Gasteiger partial charge >= 0.3 is 0 Å². The van der Waals surface area contributed by atoms with Crippen LogP contribution in [0.5, 0.6) is 0 Å². The van der Waals surface area contributed by atoms with Gasteiger partial charge in [-0.05, 0) is 68.7 Å².